The van der Waals surface area contributed by atoms with E-state index in [4.69, 9.17) is 0 Å². The second-order valence-electron chi connectivity index (χ2n) is 5.26. The molecule has 0 spiro atoms. The van der Waals surface area contributed by atoms with Crippen molar-refractivity contribution in [3.05, 3.63) is 70.3 Å². The summed E-state index contributed by atoms with van der Waals surface area (Å²) in [6, 6.07) is 18.0. The number of carbonyl (C=O) groups is 1. The van der Waals surface area contributed by atoms with Crippen molar-refractivity contribution in [1.82, 2.24) is 4.57 Å². The maximum Gasteiger partial charge on any atom is 0.153 e. The molecule has 114 valence electrons. The van der Waals surface area contributed by atoms with Crippen LogP contribution in [0.5, 0.6) is 0 Å². The average molecular weight is 366 g/mol. The molecule has 3 rings (SSSR count). The van der Waals surface area contributed by atoms with Crippen molar-refractivity contribution in [2.75, 3.05) is 0 Å². The molecule has 0 saturated heterocycles. The molecule has 0 aliphatic rings. The lowest BCUT2D eigenvalue weighted by atomic mass is 10.2. The highest BCUT2D eigenvalue weighted by Crippen LogP contribution is 2.29. The van der Waals surface area contributed by atoms with Gasteiger partial charge in [0.25, 0.3) is 0 Å². The molecule has 3 heteroatoms. The minimum atomic E-state index is 0.718. The third-order valence-corrected chi connectivity index (χ3v) is 4.61. The van der Waals surface area contributed by atoms with Gasteiger partial charge in [-0.15, -0.1) is 0 Å². The lowest BCUT2D eigenvalue weighted by Crippen LogP contribution is -1.98. The molecule has 0 aliphatic carbocycles. The molecule has 0 bridgehead atoms. The standard InChI is InChI=1S/C20H16BrNO/c21-20-18(15-23)17-12-6-7-13-19(17)22(20)14-8-2-5-11-16-9-3-1-4-10-16/h1,3-4,6-7,9-10,12-13,15H,2,8,14H2. The van der Waals surface area contributed by atoms with E-state index >= 15 is 0 Å². The van der Waals surface area contributed by atoms with Crippen LogP contribution in [0.1, 0.15) is 28.8 Å². The summed E-state index contributed by atoms with van der Waals surface area (Å²) in [6.07, 6.45) is 2.68. The van der Waals surface area contributed by atoms with E-state index in [-0.39, 0.29) is 0 Å². The van der Waals surface area contributed by atoms with Crippen molar-refractivity contribution in [3.8, 4) is 11.8 Å². The fourth-order valence-electron chi connectivity index (χ4n) is 2.64. The largest absolute Gasteiger partial charge is 0.335 e. The van der Waals surface area contributed by atoms with Crippen LogP contribution in [0.3, 0.4) is 0 Å². The number of nitrogens with zero attached hydrogens (tertiary/aromatic N) is 1. The fourth-order valence-corrected chi connectivity index (χ4v) is 3.32. The smallest absolute Gasteiger partial charge is 0.153 e. The van der Waals surface area contributed by atoms with Gasteiger partial charge in [0.2, 0.25) is 0 Å². The molecular weight excluding hydrogens is 350 g/mol. The molecule has 0 fully saturated rings. The van der Waals surface area contributed by atoms with Crippen LogP contribution in [-0.2, 0) is 6.54 Å². The Hall–Kier alpha value is -2.31. The van der Waals surface area contributed by atoms with E-state index in [0.29, 0.717) is 0 Å². The van der Waals surface area contributed by atoms with Crippen molar-refractivity contribution < 1.29 is 4.79 Å². The molecule has 0 aliphatic heterocycles. The average Bonchev–Trinajstić information content (AvgIpc) is 2.87. The molecule has 0 atom stereocenters. The summed E-state index contributed by atoms with van der Waals surface area (Å²) < 4.78 is 2.99. The summed E-state index contributed by atoms with van der Waals surface area (Å²) in [4.78, 5) is 11.3. The van der Waals surface area contributed by atoms with Gasteiger partial charge in [0, 0.05) is 29.4 Å². The van der Waals surface area contributed by atoms with Crippen molar-refractivity contribution in [2.24, 2.45) is 0 Å². The van der Waals surface area contributed by atoms with Crippen LogP contribution >= 0.6 is 15.9 Å². The molecule has 23 heavy (non-hydrogen) atoms. The Labute approximate surface area is 144 Å². The summed E-state index contributed by atoms with van der Waals surface area (Å²) in [5, 5.41) is 0.991. The van der Waals surface area contributed by atoms with E-state index < -0.39 is 0 Å². The Balaban J connectivity index is 1.72. The normalized spacial score (nSPS) is 10.3. The van der Waals surface area contributed by atoms with Crippen LogP contribution in [0.4, 0.5) is 0 Å². The quantitative estimate of drug-likeness (QED) is 0.360. The van der Waals surface area contributed by atoms with Crippen molar-refractivity contribution in [3.63, 3.8) is 0 Å². The SMILES string of the molecule is O=Cc1c(Br)n(CCCC#Cc2ccccc2)c2ccccc12. The molecule has 1 heterocycles. The molecular formula is C20H16BrNO. The molecule has 2 nitrogen and oxygen atoms in total. The summed E-state index contributed by atoms with van der Waals surface area (Å²) >= 11 is 3.56. The van der Waals surface area contributed by atoms with Gasteiger partial charge in [0.1, 0.15) is 0 Å². The Morgan fingerprint density at radius 1 is 1.04 bits per heavy atom. The topological polar surface area (TPSA) is 22.0 Å². The predicted molar refractivity (Wildman–Crippen MR) is 97.6 cm³/mol. The number of carbonyl (C=O) groups excluding carboxylic acids is 1. The van der Waals surface area contributed by atoms with Crippen LogP contribution in [0.25, 0.3) is 10.9 Å². The molecule has 0 amide bonds. The van der Waals surface area contributed by atoms with Crippen LogP contribution in [-0.4, -0.2) is 10.9 Å². The number of hydrogen-bond acceptors (Lipinski definition) is 1. The number of aryl methyl sites for hydroxylation is 1. The van der Waals surface area contributed by atoms with Gasteiger partial charge in [-0.25, -0.2) is 0 Å². The Bertz CT molecular complexity index is 884. The Morgan fingerprint density at radius 2 is 1.78 bits per heavy atom. The molecule has 0 saturated carbocycles. The lowest BCUT2D eigenvalue weighted by Gasteiger charge is -2.05. The lowest BCUT2D eigenvalue weighted by molar-refractivity contribution is 0.112. The first kappa shape index (κ1) is 15.6. The first-order valence-electron chi connectivity index (χ1n) is 7.57. The van der Waals surface area contributed by atoms with E-state index in [1.54, 1.807) is 0 Å². The first-order valence-corrected chi connectivity index (χ1v) is 8.36. The third-order valence-electron chi connectivity index (χ3n) is 3.75. The second kappa shape index (κ2) is 7.30. The minimum absolute atomic E-state index is 0.718. The van der Waals surface area contributed by atoms with E-state index in [9.17, 15) is 4.79 Å². The van der Waals surface area contributed by atoms with Gasteiger partial charge in [-0.1, -0.05) is 48.2 Å². The number of aldehydes is 1. The molecule has 0 N–H and O–H groups in total. The van der Waals surface area contributed by atoms with Crippen molar-refractivity contribution in [1.29, 1.82) is 0 Å². The molecule has 3 aromatic rings. The number of benzene rings is 2. The van der Waals surface area contributed by atoms with E-state index in [2.05, 4.69) is 32.3 Å². The summed E-state index contributed by atoms with van der Waals surface area (Å²) in [5.74, 6) is 6.38. The predicted octanol–water partition coefficient (Wildman–Crippen LogP) is 5.05. The number of para-hydroxylation sites is 1. The molecule has 1 aromatic heterocycles. The van der Waals surface area contributed by atoms with Crippen LogP contribution < -0.4 is 0 Å². The van der Waals surface area contributed by atoms with E-state index in [0.717, 1.165) is 52.3 Å². The number of rotatable bonds is 4. The van der Waals surface area contributed by atoms with Gasteiger partial charge in [0.05, 0.1) is 10.2 Å². The number of fused-ring (bicyclic) bond motifs is 1. The van der Waals surface area contributed by atoms with Crippen LogP contribution in [0, 0.1) is 11.8 Å². The number of hydrogen-bond donors (Lipinski definition) is 0. The highest BCUT2D eigenvalue weighted by Gasteiger charge is 2.13. The maximum atomic E-state index is 11.3. The maximum absolute atomic E-state index is 11.3. The first-order chi connectivity index (χ1) is 11.3. The zero-order valence-electron chi connectivity index (χ0n) is 12.6. The molecule has 2 aromatic carbocycles. The number of aromatic nitrogens is 1. The summed E-state index contributed by atoms with van der Waals surface area (Å²) in [5.41, 5.74) is 2.84. The summed E-state index contributed by atoms with van der Waals surface area (Å²) in [7, 11) is 0. The summed E-state index contributed by atoms with van der Waals surface area (Å²) in [6.45, 7) is 0.832. The van der Waals surface area contributed by atoms with Gasteiger partial charge >= 0.3 is 0 Å². The third kappa shape index (κ3) is 3.38. The Kier molecular flexibility index (Phi) is 4.95. The second-order valence-corrected chi connectivity index (χ2v) is 6.01. The van der Waals surface area contributed by atoms with Crippen LogP contribution in [0.2, 0.25) is 0 Å². The zero-order valence-corrected chi connectivity index (χ0v) is 14.2. The van der Waals surface area contributed by atoms with Gasteiger partial charge < -0.3 is 4.57 Å². The fraction of sp³-hybridized carbons (Fsp3) is 0.150. The number of unbranched alkanes of at least 4 members (excludes halogenated alkanes) is 1. The van der Waals surface area contributed by atoms with Gasteiger partial charge in [-0.3, -0.25) is 4.79 Å². The zero-order chi connectivity index (χ0) is 16.1. The van der Waals surface area contributed by atoms with Crippen molar-refractivity contribution >= 4 is 33.1 Å². The molecule has 0 unspecified atom stereocenters. The highest BCUT2D eigenvalue weighted by molar-refractivity contribution is 9.10. The van der Waals surface area contributed by atoms with Crippen molar-refractivity contribution in [2.45, 2.75) is 19.4 Å². The Morgan fingerprint density at radius 3 is 2.57 bits per heavy atom. The van der Waals surface area contributed by atoms with Gasteiger partial charge in [0.15, 0.2) is 6.29 Å². The monoisotopic (exact) mass is 365 g/mol. The van der Waals surface area contributed by atoms with E-state index in [1.165, 1.54) is 0 Å². The van der Waals surface area contributed by atoms with Gasteiger partial charge in [-0.05, 0) is 40.5 Å². The molecule has 0 radical (unpaired) electrons. The van der Waals surface area contributed by atoms with E-state index in [1.807, 2.05) is 54.6 Å². The van der Waals surface area contributed by atoms with Gasteiger partial charge in [-0.2, -0.15) is 0 Å². The van der Waals surface area contributed by atoms with Crippen LogP contribution in [0.15, 0.2) is 59.2 Å². The highest BCUT2D eigenvalue weighted by atomic mass is 79.9. The minimum Gasteiger partial charge on any atom is -0.335 e. The number of halogens is 1.